The largest absolute Gasteiger partial charge is 0.465 e. The quantitative estimate of drug-likeness (QED) is 0.871. The van der Waals surface area contributed by atoms with E-state index in [-0.39, 0.29) is 12.2 Å². The molecule has 0 saturated carbocycles. The van der Waals surface area contributed by atoms with Gasteiger partial charge in [-0.05, 0) is 36.3 Å². The number of ketones is 1. The third-order valence-corrected chi connectivity index (χ3v) is 4.50. The predicted molar refractivity (Wildman–Crippen MR) is 88.9 cm³/mol. The van der Waals surface area contributed by atoms with Crippen molar-refractivity contribution in [2.75, 3.05) is 7.11 Å². The Morgan fingerprint density at radius 3 is 2.57 bits per heavy atom. The lowest BCUT2D eigenvalue weighted by molar-refractivity contribution is -0.121. The van der Waals surface area contributed by atoms with Crippen LogP contribution in [0, 0.1) is 5.41 Å². The molecular formula is C19H22O4. The summed E-state index contributed by atoms with van der Waals surface area (Å²) in [7, 11) is 1.33. The fourth-order valence-electron chi connectivity index (χ4n) is 3.01. The Hall–Kier alpha value is -2.20. The highest BCUT2D eigenvalue weighted by Crippen LogP contribution is 2.44. The van der Waals surface area contributed by atoms with Gasteiger partial charge in [0.1, 0.15) is 5.60 Å². The summed E-state index contributed by atoms with van der Waals surface area (Å²) < 4.78 is 4.78. The number of carbonyl (C=O) groups excluding carboxylic acids is 2. The van der Waals surface area contributed by atoms with Crippen LogP contribution in [0.3, 0.4) is 0 Å². The van der Waals surface area contributed by atoms with E-state index in [1.807, 2.05) is 19.9 Å². The molecule has 1 aliphatic rings. The lowest BCUT2D eigenvalue weighted by Gasteiger charge is -2.44. The summed E-state index contributed by atoms with van der Waals surface area (Å²) in [5.41, 5.74) is -0.177. The number of benzene rings is 1. The summed E-state index contributed by atoms with van der Waals surface area (Å²) in [4.78, 5) is 23.6. The number of rotatable bonds is 3. The van der Waals surface area contributed by atoms with Crippen LogP contribution in [0.15, 0.2) is 42.0 Å². The molecule has 0 bridgehead atoms. The van der Waals surface area contributed by atoms with Gasteiger partial charge in [-0.15, -0.1) is 0 Å². The molecule has 1 atom stereocenters. The molecule has 4 heteroatoms. The maximum atomic E-state index is 11.8. The van der Waals surface area contributed by atoms with Crippen molar-refractivity contribution < 1.29 is 19.4 Å². The number of esters is 1. The van der Waals surface area contributed by atoms with E-state index >= 15 is 0 Å². The molecule has 0 fully saturated rings. The van der Waals surface area contributed by atoms with Crippen molar-refractivity contribution >= 4 is 17.8 Å². The molecule has 0 spiro atoms. The van der Waals surface area contributed by atoms with Gasteiger partial charge in [-0.3, -0.25) is 4.79 Å². The first-order valence-electron chi connectivity index (χ1n) is 7.52. The van der Waals surface area contributed by atoms with Gasteiger partial charge < -0.3 is 9.84 Å². The van der Waals surface area contributed by atoms with E-state index in [1.165, 1.54) is 13.2 Å². The second-order valence-electron chi connectivity index (χ2n) is 6.53. The van der Waals surface area contributed by atoms with Crippen LogP contribution in [0.1, 0.15) is 43.1 Å². The zero-order valence-electron chi connectivity index (χ0n) is 13.9. The van der Waals surface area contributed by atoms with Crippen LogP contribution in [-0.4, -0.2) is 29.6 Å². The Kier molecular flexibility index (Phi) is 4.57. The minimum absolute atomic E-state index is 0.0144. The molecule has 1 N–H and O–H groups in total. The van der Waals surface area contributed by atoms with Crippen LogP contribution in [-0.2, 0) is 9.53 Å². The maximum Gasteiger partial charge on any atom is 0.338 e. The van der Waals surface area contributed by atoms with Crippen LogP contribution in [0.25, 0.3) is 6.08 Å². The number of methoxy groups -OCH3 is 1. The fourth-order valence-corrected chi connectivity index (χ4v) is 3.01. The molecule has 1 unspecified atom stereocenters. The molecule has 1 aliphatic carbocycles. The Balaban J connectivity index is 2.45. The van der Waals surface area contributed by atoms with Crippen molar-refractivity contribution in [2.45, 2.75) is 32.8 Å². The monoisotopic (exact) mass is 314 g/mol. The lowest BCUT2D eigenvalue weighted by atomic mass is 9.64. The summed E-state index contributed by atoms with van der Waals surface area (Å²) in [6.07, 6.45) is 5.12. The number of hydrogen-bond donors (Lipinski definition) is 1. The Labute approximate surface area is 136 Å². The summed E-state index contributed by atoms with van der Waals surface area (Å²) in [5.74, 6) is -0.414. The number of aliphatic hydroxyl groups is 1. The molecule has 0 amide bonds. The molecular weight excluding hydrogens is 292 g/mol. The molecule has 4 nitrogen and oxygen atoms in total. The SMILES string of the molecule is COC(=O)c1ccccc1/C=C/C1(O)C(C)=CC(=O)CC1(C)C. The third kappa shape index (κ3) is 3.13. The molecule has 0 aromatic heterocycles. The second-order valence-corrected chi connectivity index (χ2v) is 6.53. The summed E-state index contributed by atoms with van der Waals surface area (Å²) in [6, 6.07) is 7.03. The molecule has 0 heterocycles. The standard InChI is InChI=1S/C19H22O4/c1-13-11-15(20)12-18(2,3)19(13,22)10-9-14-7-5-6-8-16(14)17(21)23-4/h5-11,22H,12H2,1-4H3/b10-9+. The molecule has 0 radical (unpaired) electrons. The van der Waals surface area contributed by atoms with Gasteiger partial charge in [0.05, 0.1) is 12.7 Å². The van der Waals surface area contributed by atoms with Crippen molar-refractivity contribution in [2.24, 2.45) is 5.41 Å². The van der Waals surface area contributed by atoms with Gasteiger partial charge in [0.25, 0.3) is 0 Å². The zero-order chi connectivity index (χ0) is 17.3. The highest BCUT2D eigenvalue weighted by Gasteiger charge is 2.46. The predicted octanol–water partition coefficient (Wildman–Crippen LogP) is 3.16. The van der Waals surface area contributed by atoms with Gasteiger partial charge in [0.2, 0.25) is 0 Å². The van der Waals surface area contributed by atoms with E-state index in [0.29, 0.717) is 16.7 Å². The Bertz CT molecular complexity index is 697. The number of ether oxygens (including phenoxy) is 1. The van der Waals surface area contributed by atoms with Crippen molar-refractivity contribution in [3.63, 3.8) is 0 Å². The van der Waals surface area contributed by atoms with E-state index in [1.54, 1.807) is 37.3 Å². The van der Waals surface area contributed by atoms with Gasteiger partial charge in [0, 0.05) is 11.8 Å². The summed E-state index contributed by atoms with van der Waals surface area (Å²) in [6.45, 7) is 5.46. The Morgan fingerprint density at radius 2 is 1.96 bits per heavy atom. The van der Waals surface area contributed by atoms with Crippen LogP contribution in [0.5, 0.6) is 0 Å². The normalized spacial score (nSPS) is 23.7. The Morgan fingerprint density at radius 1 is 1.30 bits per heavy atom. The smallest absolute Gasteiger partial charge is 0.338 e. The number of hydrogen-bond acceptors (Lipinski definition) is 4. The molecule has 0 saturated heterocycles. The van der Waals surface area contributed by atoms with Crippen molar-refractivity contribution in [3.05, 3.63) is 53.1 Å². The first-order chi connectivity index (χ1) is 10.7. The highest BCUT2D eigenvalue weighted by atomic mass is 16.5. The first kappa shape index (κ1) is 17.2. The fraction of sp³-hybridized carbons (Fsp3) is 0.368. The molecule has 2 rings (SSSR count). The maximum absolute atomic E-state index is 11.8. The molecule has 1 aromatic carbocycles. The first-order valence-corrected chi connectivity index (χ1v) is 7.52. The van der Waals surface area contributed by atoms with Crippen molar-refractivity contribution in [3.8, 4) is 0 Å². The summed E-state index contributed by atoms with van der Waals surface area (Å²) >= 11 is 0. The average Bonchev–Trinajstić information content (AvgIpc) is 2.50. The molecule has 1 aromatic rings. The topological polar surface area (TPSA) is 63.6 Å². The van der Waals surface area contributed by atoms with Crippen molar-refractivity contribution in [1.29, 1.82) is 0 Å². The van der Waals surface area contributed by atoms with Gasteiger partial charge in [-0.25, -0.2) is 4.79 Å². The number of carbonyl (C=O) groups is 2. The van der Waals surface area contributed by atoms with Crippen LogP contribution in [0.2, 0.25) is 0 Å². The van der Waals surface area contributed by atoms with Crippen LogP contribution >= 0.6 is 0 Å². The summed E-state index contributed by atoms with van der Waals surface area (Å²) in [5, 5.41) is 11.1. The van der Waals surface area contributed by atoms with Crippen LogP contribution in [0.4, 0.5) is 0 Å². The van der Waals surface area contributed by atoms with Gasteiger partial charge >= 0.3 is 5.97 Å². The van der Waals surface area contributed by atoms with E-state index in [0.717, 1.165) is 0 Å². The van der Waals surface area contributed by atoms with Gasteiger partial charge in [-0.1, -0.05) is 38.1 Å². The van der Waals surface area contributed by atoms with E-state index in [2.05, 4.69) is 0 Å². The van der Waals surface area contributed by atoms with E-state index in [4.69, 9.17) is 4.74 Å². The van der Waals surface area contributed by atoms with Crippen molar-refractivity contribution in [1.82, 2.24) is 0 Å². The molecule has 122 valence electrons. The van der Waals surface area contributed by atoms with Crippen LogP contribution < -0.4 is 0 Å². The lowest BCUT2D eigenvalue weighted by Crippen LogP contribution is -2.47. The van der Waals surface area contributed by atoms with E-state index < -0.39 is 17.0 Å². The third-order valence-electron chi connectivity index (χ3n) is 4.50. The minimum Gasteiger partial charge on any atom is -0.465 e. The highest BCUT2D eigenvalue weighted by molar-refractivity contribution is 5.94. The second kappa shape index (κ2) is 6.13. The molecule has 0 aliphatic heterocycles. The number of allylic oxidation sites excluding steroid dienone is 1. The average molecular weight is 314 g/mol. The van der Waals surface area contributed by atoms with E-state index in [9.17, 15) is 14.7 Å². The molecule has 23 heavy (non-hydrogen) atoms. The van der Waals surface area contributed by atoms with Gasteiger partial charge in [0.15, 0.2) is 5.78 Å². The minimum atomic E-state index is -1.25. The van der Waals surface area contributed by atoms with Gasteiger partial charge in [-0.2, -0.15) is 0 Å². The zero-order valence-corrected chi connectivity index (χ0v) is 13.9.